The van der Waals surface area contributed by atoms with Gasteiger partial charge >= 0.3 is 0 Å². The number of nitrogens with one attached hydrogen (secondary N) is 1. The number of hydrogen-bond acceptors (Lipinski definition) is 7. The number of thiophene rings is 1. The first-order chi connectivity index (χ1) is 12.6. The minimum Gasteiger partial charge on any atom is -0.497 e. The summed E-state index contributed by atoms with van der Waals surface area (Å²) in [5.41, 5.74) is 0.688. The van der Waals surface area contributed by atoms with Crippen LogP contribution in [0.4, 0.5) is 5.69 Å². The maximum Gasteiger partial charge on any atom is 0.257 e. The molecular formula is C18H20N4O3S. The maximum absolute atomic E-state index is 12.3. The van der Waals surface area contributed by atoms with Crippen LogP contribution in [0.2, 0.25) is 0 Å². The molecule has 0 saturated heterocycles. The van der Waals surface area contributed by atoms with Gasteiger partial charge in [0.25, 0.3) is 5.89 Å². The predicted molar refractivity (Wildman–Crippen MR) is 100 cm³/mol. The Morgan fingerprint density at radius 1 is 1.35 bits per heavy atom. The number of rotatable bonds is 7. The van der Waals surface area contributed by atoms with E-state index in [9.17, 15) is 4.79 Å². The average Bonchev–Trinajstić information content (AvgIpc) is 3.32. The summed E-state index contributed by atoms with van der Waals surface area (Å²) in [6, 6.07) is 10.9. The molecule has 26 heavy (non-hydrogen) atoms. The van der Waals surface area contributed by atoms with Crippen molar-refractivity contribution in [3.63, 3.8) is 0 Å². The highest BCUT2D eigenvalue weighted by atomic mass is 32.1. The van der Waals surface area contributed by atoms with Gasteiger partial charge in [-0.05, 0) is 37.6 Å². The molecule has 0 spiro atoms. The van der Waals surface area contributed by atoms with Gasteiger partial charge in [-0.15, -0.1) is 21.5 Å². The first-order valence-electron chi connectivity index (χ1n) is 8.08. The van der Waals surface area contributed by atoms with Crippen molar-refractivity contribution < 1.29 is 13.9 Å². The third-order valence-corrected chi connectivity index (χ3v) is 4.80. The third-order valence-electron chi connectivity index (χ3n) is 3.94. The summed E-state index contributed by atoms with van der Waals surface area (Å²) in [6.07, 6.45) is 0. The second-order valence-corrected chi connectivity index (χ2v) is 6.74. The van der Waals surface area contributed by atoms with E-state index in [2.05, 4.69) is 15.5 Å². The van der Waals surface area contributed by atoms with E-state index in [1.165, 1.54) is 0 Å². The Hall–Kier alpha value is -2.71. The van der Waals surface area contributed by atoms with Crippen LogP contribution < -0.4 is 10.1 Å². The number of likely N-dealkylation sites (N-methyl/N-ethyl adjacent to an activating group) is 1. The summed E-state index contributed by atoms with van der Waals surface area (Å²) in [6.45, 7) is 2.11. The van der Waals surface area contributed by atoms with Crippen LogP contribution in [0.1, 0.15) is 18.9 Å². The van der Waals surface area contributed by atoms with Crippen molar-refractivity contribution in [2.75, 3.05) is 26.0 Å². The van der Waals surface area contributed by atoms with Crippen LogP contribution in [0.25, 0.3) is 10.8 Å². The van der Waals surface area contributed by atoms with Gasteiger partial charge in [-0.3, -0.25) is 9.69 Å². The number of hydrogen-bond donors (Lipinski definition) is 1. The molecule has 136 valence electrons. The molecule has 8 heteroatoms. The lowest BCUT2D eigenvalue weighted by atomic mass is 10.2. The third kappa shape index (κ3) is 4.27. The van der Waals surface area contributed by atoms with Gasteiger partial charge in [-0.25, -0.2) is 0 Å². The van der Waals surface area contributed by atoms with E-state index in [0.717, 1.165) is 4.88 Å². The van der Waals surface area contributed by atoms with Gasteiger partial charge in [-0.1, -0.05) is 12.1 Å². The number of methoxy groups -OCH3 is 1. The van der Waals surface area contributed by atoms with Crippen molar-refractivity contribution in [1.82, 2.24) is 15.1 Å². The van der Waals surface area contributed by atoms with Crippen LogP contribution in [0, 0.1) is 0 Å². The number of amides is 1. The number of anilines is 1. The van der Waals surface area contributed by atoms with Gasteiger partial charge < -0.3 is 14.5 Å². The van der Waals surface area contributed by atoms with Gasteiger partial charge in [0.1, 0.15) is 5.75 Å². The van der Waals surface area contributed by atoms with Crippen molar-refractivity contribution in [3.8, 4) is 16.5 Å². The average molecular weight is 372 g/mol. The molecule has 3 aromatic rings. The Morgan fingerprint density at radius 2 is 2.19 bits per heavy atom. The summed E-state index contributed by atoms with van der Waals surface area (Å²) in [4.78, 5) is 15.1. The SMILES string of the molecule is COc1cccc(NC(=O)CN(C)[C@H](C)c2nnc(-c3cccs3)o2)c1. The van der Waals surface area contributed by atoms with E-state index in [1.54, 1.807) is 24.5 Å². The van der Waals surface area contributed by atoms with Crippen LogP contribution in [-0.4, -0.2) is 41.7 Å². The molecule has 1 N–H and O–H groups in total. The Bertz CT molecular complexity index is 863. The lowest BCUT2D eigenvalue weighted by Crippen LogP contribution is -2.32. The smallest absolute Gasteiger partial charge is 0.257 e. The molecule has 2 aromatic heterocycles. The van der Waals surface area contributed by atoms with Crippen molar-refractivity contribution in [3.05, 3.63) is 47.7 Å². The van der Waals surface area contributed by atoms with Crippen LogP contribution in [-0.2, 0) is 4.79 Å². The summed E-state index contributed by atoms with van der Waals surface area (Å²) in [5.74, 6) is 1.53. The fourth-order valence-electron chi connectivity index (χ4n) is 2.36. The standard InChI is InChI=1S/C18H20N4O3S/c1-12(17-20-21-18(25-17)15-8-5-9-26-15)22(2)11-16(23)19-13-6-4-7-14(10-13)24-3/h4-10,12H,11H2,1-3H3,(H,19,23)/t12-/m1/s1. The van der Waals surface area contributed by atoms with Crippen LogP contribution in [0.3, 0.4) is 0 Å². The van der Waals surface area contributed by atoms with Gasteiger partial charge in [0, 0.05) is 11.8 Å². The van der Waals surface area contributed by atoms with E-state index in [-0.39, 0.29) is 18.5 Å². The zero-order valence-corrected chi connectivity index (χ0v) is 15.6. The zero-order chi connectivity index (χ0) is 18.5. The topological polar surface area (TPSA) is 80.5 Å². The molecule has 0 aliphatic rings. The number of aromatic nitrogens is 2. The monoisotopic (exact) mass is 372 g/mol. The van der Waals surface area contributed by atoms with Crippen molar-refractivity contribution in [1.29, 1.82) is 0 Å². The quantitative estimate of drug-likeness (QED) is 0.684. The molecule has 2 heterocycles. The molecule has 0 fully saturated rings. The van der Waals surface area contributed by atoms with Crippen LogP contribution in [0.15, 0.2) is 46.2 Å². The van der Waals surface area contributed by atoms with Crippen LogP contribution >= 0.6 is 11.3 Å². The molecule has 0 aliphatic carbocycles. The number of benzene rings is 1. The maximum atomic E-state index is 12.3. The second-order valence-electron chi connectivity index (χ2n) is 5.79. The summed E-state index contributed by atoms with van der Waals surface area (Å²) < 4.78 is 10.9. The largest absolute Gasteiger partial charge is 0.497 e. The molecule has 0 bridgehead atoms. The summed E-state index contributed by atoms with van der Waals surface area (Å²) >= 11 is 1.54. The lowest BCUT2D eigenvalue weighted by molar-refractivity contribution is -0.117. The molecule has 0 saturated carbocycles. The Kier molecular flexibility index (Phi) is 5.65. The van der Waals surface area contributed by atoms with Crippen molar-refractivity contribution in [2.45, 2.75) is 13.0 Å². The van der Waals surface area contributed by atoms with Gasteiger partial charge in [0.05, 0.1) is 24.6 Å². The van der Waals surface area contributed by atoms with E-state index in [4.69, 9.17) is 9.15 Å². The molecular weight excluding hydrogens is 352 g/mol. The minimum absolute atomic E-state index is 0.134. The predicted octanol–water partition coefficient (Wildman–Crippen LogP) is 3.44. The molecule has 1 amide bonds. The molecule has 1 atom stereocenters. The normalized spacial score (nSPS) is 12.2. The Balaban J connectivity index is 1.60. The zero-order valence-electron chi connectivity index (χ0n) is 14.8. The van der Waals surface area contributed by atoms with E-state index in [0.29, 0.717) is 23.2 Å². The van der Waals surface area contributed by atoms with Crippen molar-refractivity contribution in [2.24, 2.45) is 0 Å². The van der Waals surface area contributed by atoms with E-state index in [1.807, 2.05) is 54.6 Å². The first-order valence-corrected chi connectivity index (χ1v) is 8.96. The number of carbonyl (C=O) groups excluding carboxylic acids is 1. The molecule has 3 rings (SSSR count). The molecule has 1 aromatic carbocycles. The fourth-order valence-corrected chi connectivity index (χ4v) is 3.00. The van der Waals surface area contributed by atoms with Gasteiger partial charge in [0.15, 0.2) is 0 Å². The van der Waals surface area contributed by atoms with Crippen molar-refractivity contribution >= 4 is 22.9 Å². The Morgan fingerprint density at radius 3 is 2.92 bits per heavy atom. The highest BCUT2D eigenvalue weighted by Crippen LogP contribution is 2.26. The van der Waals surface area contributed by atoms with Gasteiger partial charge in [0.2, 0.25) is 11.8 Å². The summed E-state index contributed by atoms with van der Waals surface area (Å²) in [5, 5.41) is 13.0. The fraction of sp³-hybridized carbons (Fsp3) is 0.278. The molecule has 7 nitrogen and oxygen atoms in total. The highest BCUT2D eigenvalue weighted by molar-refractivity contribution is 7.13. The minimum atomic E-state index is -0.188. The van der Waals surface area contributed by atoms with Crippen LogP contribution in [0.5, 0.6) is 5.75 Å². The second kappa shape index (κ2) is 8.11. The lowest BCUT2D eigenvalue weighted by Gasteiger charge is -2.21. The molecule has 0 radical (unpaired) electrons. The summed E-state index contributed by atoms with van der Waals surface area (Å²) in [7, 11) is 3.43. The number of nitrogens with zero attached hydrogens (tertiary/aromatic N) is 3. The molecule has 0 aliphatic heterocycles. The first kappa shape index (κ1) is 18.1. The highest BCUT2D eigenvalue weighted by Gasteiger charge is 2.21. The Labute approximate surface area is 155 Å². The van der Waals surface area contributed by atoms with E-state index < -0.39 is 0 Å². The molecule has 0 unspecified atom stereocenters. The number of carbonyl (C=O) groups is 1. The van der Waals surface area contributed by atoms with E-state index >= 15 is 0 Å². The van der Waals surface area contributed by atoms with Gasteiger partial charge in [-0.2, -0.15) is 0 Å². The number of ether oxygens (including phenoxy) is 1.